The van der Waals surface area contributed by atoms with Crippen LogP contribution < -0.4 is 5.73 Å². The monoisotopic (exact) mass is 273 g/mol. The number of likely N-dealkylation sites (N-methyl/N-ethyl adjacent to an activating group) is 1. The molecule has 2 N–H and O–H groups in total. The zero-order valence-electron chi connectivity index (χ0n) is 12.8. The van der Waals surface area contributed by atoms with Gasteiger partial charge in [-0.2, -0.15) is 0 Å². The summed E-state index contributed by atoms with van der Waals surface area (Å²) in [5, 5.41) is 0. The first kappa shape index (κ1) is 13.9. The summed E-state index contributed by atoms with van der Waals surface area (Å²) in [5.41, 5.74) is 8.58. The third kappa shape index (κ3) is 2.70. The highest BCUT2D eigenvalue weighted by Crippen LogP contribution is 2.49. The summed E-state index contributed by atoms with van der Waals surface area (Å²) in [5.74, 6) is 0. The van der Waals surface area contributed by atoms with Crippen molar-refractivity contribution in [3.8, 4) is 0 Å². The maximum Gasteiger partial charge on any atom is 0.0314 e. The maximum absolute atomic E-state index is 5.81. The number of benzene rings is 1. The van der Waals surface area contributed by atoms with E-state index < -0.39 is 0 Å². The first-order chi connectivity index (χ1) is 9.63. The van der Waals surface area contributed by atoms with Crippen LogP contribution in [-0.2, 0) is 5.41 Å². The third-order valence-electron chi connectivity index (χ3n) is 5.16. The van der Waals surface area contributed by atoms with E-state index in [0.717, 1.165) is 5.69 Å². The Kier molecular flexibility index (Phi) is 3.74. The van der Waals surface area contributed by atoms with Gasteiger partial charge in [0.1, 0.15) is 0 Å². The molecule has 1 saturated heterocycles. The maximum atomic E-state index is 5.81. The number of rotatable bonds is 4. The molecule has 1 unspecified atom stereocenters. The topological polar surface area (TPSA) is 32.5 Å². The standard InChI is InChI=1S/C17H27N3/c1-3-20-11-10-19(12-14(20)2)13-17(8-9-17)15-4-6-16(18)7-5-15/h4-7,14H,3,8-13,18H2,1-2H3. The van der Waals surface area contributed by atoms with Crippen molar-refractivity contribution in [3.63, 3.8) is 0 Å². The van der Waals surface area contributed by atoms with Crippen LogP contribution in [-0.4, -0.2) is 48.6 Å². The van der Waals surface area contributed by atoms with E-state index in [9.17, 15) is 0 Å². The van der Waals surface area contributed by atoms with E-state index in [4.69, 9.17) is 5.73 Å². The third-order valence-corrected chi connectivity index (χ3v) is 5.16. The Hall–Kier alpha value is -1.06. The minimum Gasteiger partial charge on any atom is -0.399 e. The van der Waals surface area contributed by atoms with E-state index in [-0.39, 0.29) is 0 Å². The van der Waals surface area contributed by atoms with Gasteiger partial charge in [0.2, 0.25) is 0 Å². The minimum atomic E-state index is 0.418. The van der Waals surface area contributed by atoms with Crippen LogP contribution in [0.25, 0.3) is 0 Å². The van der Waals surface area contributed by atoms with Crippen molar-refractivity contribution in [3.05, 3.63) is 29.8 Å². The lowest BCUT2D eigenvalue weighted by Gasteiger charge is -2.40. The molecule has 3 nitrogen and oxygen atoms in total. The molecule has 2 aliphatic rings. The summed E-state index contributed by atoms with van der Waals surface area (Å²) >= 11 is 0. The van der Waals surface area contributed by atoms with E-state index in [1.54, 1.807) is 0 Å². The summed E-state index contributed by atoms with van der Waals surface area (Å²) in [6.45, 7) is 10.7. The summed E-state index contributed by atoms with van der Waals surface area (Å²) in [6.07, 6.45) is 2.67. The Balaban J connectivity index is 1.64. The van der Waals surface area contributed by atoms with Gasteiger partial charge in [-0.3, -0.25) is 9.80 Å². The Morgan fingerprint density at radius 3 is 2.45 bits per heavy atom. The molecule has 1 atom stereocenters. The SMILES string of the molecule is CCN1CCN(CC2(c3ccc(N)cc3)CC2)CC1C. The summed E-state index contributed by atoms with van der Waals surface area (Å²) in [7, 11) is 0. The molecule has 0 radical (unpaired) electrons. The highest BCUT2D eigenvalue weighted by molar-refractivity contribution is 5.43. The summed E-state index contributed by atoms with van der Waals surface area (Å²) in [6, 6.07) is 9.25. The minimum absolute atomic E-state index is 0.418. The molecule has 1 aromatic carbocycles. The Bertz CT molecular complexity index is 450. The molecular weight excluding hydrogens is 246 g/mol. The Morgan fingerprint density at radius 2 is 1.90 bits per heavy atom. The van der Waals surface area contributed by atoms with Crippen molar-refractivity contribution < 1.29 is 0 Å². The largest absolute Gasteiger partial charge is 0.399 e. The number of piperazine rings is 1. The molecule has 0 amide bonds. The molecule has 110 valence electrons. The van der Waals surface area contributed by atoms with Gasteiger partial charge in [-0.05, 0) is 44.0 Å². The van der Waals surface area contributed by atoms with Gasteiger partial charge in [0.05, 0.1) is 0 Å². The van der Waals surface area contributed by atoms with Gasteiger partial charge in [0, 0.05) is 43.3 Å². The molecule has 0 aromatic heterocycles. The molecule has 3 rings (SSSR count). The van der Waals surface area contributed by atoms with Gasteiger partial charge >= 0.3 is 0 Å². The van der Waals surface area contributed by atoms with Crippen LogP contribution in [0.2, 0.25) is 0 Å². The second-order valence-corrected chi connectivity index (χ2v) is 6.62. The molecule has 20 heavy (non-hydrogen) atoms. The van der Waals surface area contributed by atoms with Crippen LogP contribution in [0.5, 0.6) is 0 Å². The summed E-state index contributed by atoms with van der Waals surface area (Å²) in [4.78, 5) is 5.25. The highest BCUT2D eigenvalue weighted by Gasteiger charge is 2.45. The van der Waals surface area contributed by atoms with Gasteiger partial charge in [-0.1, -0.05) is 19.1 Å². The smallest absolute Gasteiger partial charge is 0.0314 e. The Morgan fingerprint density at radius 1 is 1.20 bits per heavy atom. The van der Waals surface area contributed by atoms with E-state index in [1.165, 1.54) is 51.1 Å². The van der Waals surface area contributed by atoms with E-state index in [0.29, 0.717) is 11.5 Å². The molecule has 1 heterocycles. The van der Waals surface area contributed by atoms with Crippen LogP contribution >= 0.6 is 0 Å². The van der Waals surface area contributed by atoms with Crippen LogP contribution in [0.3, 0.4) is 0 Å². The predicted octanol–water partition coefficient (Wildman–Crippen LogP) is 2.33. The van der Waals surface area contributed by atoms with Gasteiger partial charge in [-0.25, -0.2) is 0 Å². The fourth-order valence-electron chi connectivity index (χ4n) is 3.64. The van der Waals surface area contributed by atoms with Crippen molar-refractivity contribution in [1.29, 1.82) is 0 Å². The van der Waals surface area contributed by atoms with E-state index >= 15 is 0 Å². The van der Waals surface area contributed by atoms with Crippen molar-refractivity contribution in [2.24, 2.45) is 0 Å². The zero-order chi connectivity index (χ0) is 14.2. The van der Waals surface area contributed by atoms with Crippen molar-refractivity contribution in [1.82, 2.24) is 9.80 Å². The molecule has 1 aliphatic carbocycles. The van der Waals surface area contributed by atoms with Crippen LogP contribution in [0.1, 0.15) is 32.3 Å². The van der Waals surface area contributed by atoms with Gasteiger partial charge in [-0.15, -0.1) is 0 Å². The van der Waals surface area contributed by atoms with Gasteiger partial charge in [0.15, 0.2) is 0 Å². The lowest BCUT2D eigenvalue weighted by atomic mass is 9.94. The first-order valence-electron chi connectivity index (χ1n) is 7.95. The second-order valence-electron chi connectivity index (χ2n) is 6.62. The average molecular weight is 273 g/mol. The van der Waals surface area contributed by atoms with E-state index in [2.05, 4.69) is 35.8 Å². The molecule has 0 bridgehead atoms. The number of anilines is 1. The number of hydrogen-bond acceptors (Lipinski definition) is 3. The predicted molar refractivity (Wildman–Crippen MR) is 84.9 cm³/mol. The van der Waals surface area contributed by atoms with Gasteiger partial charge < -0.3 is 5.73 Å². The molecule has 0 spiro atoms. The van der Waals surface area contributed by atoms with Crippen LogP contribution in [0.4, 0.5) is 5.69 Å². The Labute approximate surface area is 122 Å². The summed E-state index contributed by atoms with van der Waals surface area (Å²) < 4.78 is 0. The fourth-order valence-corrected chi connectivity index (χ4v) is 3.64. The van der Waals surface area contributed by atoms with Gasteiger partial charge in [0.25, 0.3) is 0 Å². The zero-order valence-corrected chi connectivity index (χ0v) is 12.8. The quantitative estimate of drug-likeness (QED) is 0.855. The molecular formula is C17H27N3. The van der Waals surface area contributed by atoms with Crippen LogP contribution in [0.15, 0.2) is 24.3 Å². The number of nitrogens with zero attached hydrogens (tertiary/aromatic N) is 2. The van der Waals surface area contributed by atoms with Crippen molar-refractivity contribution in [2.45, 2.75) is 38.1 Å². The molecule has 1 aliphatic heterocycles. The molecule has 1 aromatic rings. The number of nitrogen functional groups attached to an aromatic ring is 1. The number of hydrogen-bond donors (Lipinski definition) is 1. The highest BCUT2D eigenvalue weighted by atomic mass is 15.3. The fraction of sp³-hybridized carbons (Fsp3) is 0.647. The lowest BCUT2D eigenvalue weighted by molar-refractivity contribution is 0.0817. The van der Waals surface area contributed by atoms with Crippen molar-refractivity contribution in [2.75, 3.05) is 38.5 Å². The molecule has 2 fully saturated rings. The molecule has 1 saturated carbocycles. The lowest BCUT2D eigenvalue weighted by Crippen LogP contribution is -2.53. The normalized spacial score (nSPS) is 26.6. The molecule has 3 heteroatoms. The first-order valence-corrected chi connectivity index (χ1v) is 7.95. The number of nitrogens with two attached hydrogens (primary N) is 1. The second kappa shape index (κ2) is 5.38. The van der Waals surface area contributed by atoms with Crippen molar-refractivity contribution >= 4 is 5.69 Å². The average Bonchev–Trinajstić information content (AvgIpc) is 3.20. The van der Waals surface area contributed by atoms with E-state index in [1.807, 2.05) is 12.1 Å². The van der Waals surface area contributed by atoms with Crippen LogP contribution in [0, 0.1) is 0 Å².